The molecule has 0 bridgehead atoms. The van der Waals surface area contributed by atoms with E-state index in [1.165, 1.54) is 39.2 Å². The van der Waals surface area contributed by atoms with E-state index in [2.05, 4.69) is 11.7 Å². The fourth-order valence-electron chi connectivity index (χ4n) is 3.29. The number of hydrogen-bond donors (Lipinski definition) is 1. The third-order valence-corrected chi connectivity index (χ3v) is 4.81. The van der Waals surface area contributed by atoms with Crippen molar-refractivity contribution in [1.82, 2.24) is 0 Å². The quantitative estimate of drug-likeness (QED) is 0.403. The highest BCUT2D eigenvalue weighted by Crippen LogP contribution is 2.27. The summed E-state index contributed by atoms with van der Waals surface area (Å²) in [4.78, 5) is 11.0. The van der Waals surface area contributed by atoms with Crippen molar-refractivity contribution >= 4 is 5.97 Å². The normalized spacial score (nSPS) is 22.2. The van der Waals surface area contributed by atoms with Crippen LogP contribution in [0.25, 0.3) is 0 Å². The molecule has 0 aromatic heterocycles. The van der Waals surface area contributed by atoms with Crippen LogP contribution in [0.1, 0.15) is 90.4 Å². The van der Waals surface area contributed by atoms with E-state index in [9.17, 15) is 9.90 Å². The molecule has 1 aliphatic rings. The summed E-state index contributed by atoms with van der Waals surface area (Å²) in [7, 11) is 1.44. The van der Waals surface area contributed by atoms with Gasteiger partial charge >= 0.3 is 5.97 Å². The van der Waals surface area contributed by atoms with Crippen LogP contribution in [-0.2, 0) is 14.3 Å². The number of unbranched alkanes of at least 4 members (excludes halogenated alkanes) is 6. The molecule has 0 aromatic rings. The van der Waals surface area contributed by atoms with E-state index in [-0.39, 0.29) is 18.2 Å². The summed E-state index contributed by atoms with van der Waals surface area (Å²) >= 11 is 0. The van der Waals surface area contributed by atoms with E-state index >= 15 is 0 Å². The third-order valence-electron chi connectivity index (χ3n) is 4.81. The Morgan fingerprint density at radius 3 is 2.61 bits per heavy atom. The molecule has 0 saturated carbocycles. The Balaban J connectivity index is 1.97. The summed E-state index contributed by atoms with van der Waals surface area (Å²) < 4.78 is 10.6. The fourth-order valence-corrected chi connectivity index (χ4v) is 3.29. The molecule has 4 heteroatoms. The van der Waals surface area contributed by atoms with E-state index in [1.54, 1.807) is 0 Å². The minimum absolute atomic E-state index is 0.0666. The van der Waals surface area contributed by atoms with Gasteiger partial charge in [-0.05, 0) is 32.1 Å². The molecule has 1 rings (SSSR count). The molecule has 136 valence electrons. The molecule has 1 heterocycles. The van der Waals surface area contributed by atoms with Crippen molar-refractivity contribution in [1.29, 1.82) is 0 Å². The summed E-state index contributed by atoms with van der Waals surface area (Å²) in [6, 6.07) is 0. The van der Waals surface area contributed by atoms with Crippen LogP contribution in [0.5, 0.6) is 0 Å². The Labute approximate surface area is 141 Å². The topological polar surface area (TPSA) is 55.8 Å². The molecule has 0 amide bonds. The van der Waals surface area contributed by atoms with Gasteiger partial charge in [0.15, 0.2) is 0 Å². The second-order valence-corrected chi connectivity index (χ2v) is 6.82. The second kappa shape index (κ2) is 12.8. The van der Waals surface area contributed by atoms with E-state index in [0.717, 1.165) is 44.9 Å². The smallest absolute Gasteiger partial charge is 0.305 e. The van der Waals surface area contributed by atoms with Crippen LogP contribution in [0.3, 0.4) is 0 Å². The minimum Gasteiger partial charge on any atom is -0.469 e. The zero-order valence-electron chi connectivity index (χ0n) is 15.1. The lowest BCUT2D eigenvalue weighted by Gasteiger charge is -2.19. The van der Waals surface area contributed by atoms with Crippen LogP contribution in [0.15, 0.2) is 0 Å². The number of hydrogen-bond acceptors (Lipinski definition) is 4. The molecule has 3 unspecified atom stereocenters. The van der Waals surface area contributed by atoms with Crippen molar-refractivity contribution in [2.24, 2.45) is 0 Å². The van der Waals surface area contributed by atoms with Gasteiger partial charge < -0.3 is 14.6 Å². The summed E-state index contributed by atoms with van der Waals surface area (Å²) in [5, 5.41) is 10.2. The molecule has 0 radical (unpaired) electrons. The highest BCUT2D eigenvalue weighted by atomic mass is 16.5. The fraction of sp³-hybridized carbons (Fsp3) is 0.947. The van der Waals surface area contributed by atoms with Crippen LogP contribution in [0.2, 0.25) is 0 Å². The first-order chi connectivity index (χ1) is 11.2. The number of ether oxygens (including phenoxy) is 2. The van der Waals surface area contributed by atoms with Gasteiger partial charge in [0, 0.05) is 6.42 Å². The van der Waals surface area contributed by atoms with Gasteiger partial charge in [-0.15, -0.1) is 0 Å². The van der Waals surface area contributed by atoms with Gasteiger partial charge in [0.1, 0.15) is 0 Å². The van der Waals surface area contributed by atoms with E-state index in [0.29, 0.717) is 12.5 Å². The lowest BCUT2D eigenvalue weighted by atomic mass is 10.0. The molecule has 1 fully saturated rings. The molecule has 1 saturated heterocycles. The lowest BCUT2D eigenvalue weighted by molar-refractivity contribution is -0.140. The van der Waals surface area contributed by atoms with Crippen molar-refractivity contribution in [3.63, 3.8) is 0 Å². The first kappa shape index (κ1) is 20.4. The first-order valence-electron chi connectivity index (χ1n) is 9.57. The van der Waals surface area contributed by atoms with Crippen molar-refractivity contribution in [2.75, 3.05) is 7.11 Å². The maximum atomic E-state index is 11.0. The molecule has 1 N–H and O–H groups in total. The molecule has 1 aliphatic heterocycles. The molecular weight excluding hydrogens is 292 g/mol. The summed E-state index contributed by atoms with van der Waals surface area (Å²) in [5.74, 6) is -0.104. The zero-order valence-corrected chi connectivity index (χ0v) is 15.1. The predicted octanol–water partition coefficient (Wildman–Crippen LogP) is 4.38. The standard InChI is InChI=1S/C19H36O4/c1-3-4-8-12-17(20)18-15-14-16(23-18)11-9-6-5-7-10-13-19(21)22-2/h16-18,20H,3-15H2,1-2H3. The Hall–Kier alpha value is -0.610. The average Bonchev–Trinajstić information content (AvgIpc) is 3.02. The monoisotopic (exact) mass is 328 g/mol. The zero-order chi connectivity index (χ0) is 16.9. The van der Waals surface area contributed by atoms with Crippen molar-refractivity contribution in [3.8, 4) is 0 Å². The largest absolute Gasteiger partial charge is 0.469 e. The lowest BCUT2D eigenvalue weighted by Crippen LogP contribution is -2.26. The van der Waals surface area contributed by atoms with Gasteiger partial charge in [-0.3, -0.25) is 4.79 Å². The summed E-state index contributed by atoms with van der Waals surface area (Å²) in [6.07, 6.45) is 13.8. The van der Waals surface area contributed by atoms with Crippen molar-refractivity contribution < 1.29 is 19.4 Å². The molecule has 23 heavy (non-hydrogen) atoms. The third kappa shape index (κ3) is 9.31. The summed E-state index contributed by atoms with van der Waals surface area (Å²) in [6.45, 7) is 2.18. The van der Waals surface area contributed by atoms with Gasteiger partial charge in [-0.1, -0.05) is 51.9 Å². The van der Waals surface area contributed by atoms with Crippen molar-refractivity contribution in [3.05, 3.63) is 0 Å². The van der Waals surface area contributed by atoms with Crippen molar-refractivity contribution in [2.45, 2.75) is 109 Å². The number of esters is 1. The van der Waals surface area contributed by atoms with Crippen LogP contribution >= 0.6 is 0 Å². The Kier molecular flexibility index (Phi) is 11.3. The molecule has 0 aliphatic carbocycles. The Morgan fingerprint density at radius 2 is 1.87 bits per heavy atom. The van der Waals surface area contributed by atoms with Gasteiger partial charge in [-0.2, -0.15) is 0 Å². The maximum Gasteiger partial charge on any atom is 0.305 e. The van der Waals surface area contributed by atoms with Crippen LogP contribution in [0.4, 0.5) is 0 Å². The van der Waals surface area contributed by atoms with Crippen LogP contribution in [-0.4, -0.2) is 36.5 Å². The molecule has 0 spiro atoms. The highest BCUT2D eigenvalue weighted by molar-refractivity contribution is 5.68. The van der Waals surface area contributed by atoms with Crippen LogP contribution < -0.4 is 0 Å². The molecule has 3 atom stereocenters. The number of methoxy groups -OCH3 is 1. The minimum atomic E-state index is -0.273. The number of rotatable bonds is 13. The maximum absolute atomic E-state index is 11.0. The Bertz CT molecular complexity index is 306. The van der Waals surface area contributed by atoms with E-state index in [4.69, 9.17) is 4.74 Å². The number of carbonyl (C=O) groups is 1. The molecule has 0 aromatic carbocycles. The molecular formula is C19H36O4. The van der Waals surface area contributed by atoms with Crippen LogP contribution in [0, 0.1) is 0 Å². The van der Waals surface area contributed by atoms with Gasteiger partial charge in [0.25, 0.3) is 0 Å². The highest BCUT2D eigenvalue weighted by Gasteiger charge is 2.29. The summed E-state index contributed by atoms with van der Waals surface area (Å²) in [5.41, 5.74) is 0. The number of aliphatic hydroxyl groups excluding tert-OH is 1. The number of aliphatic hydroxyl groups is 1. The Morgan fingerprint density at radius 1 is 1.13 bits per heavy atom. The second-order valence-electron chi connectivity index (χ2n) is 6.82. The number of carbonyl (C=O) groups excluding carboxylic acids is 1. The molecule has 4 nitrogen and oxygen atoms in total. The van der Waals surface area contributed by atoms with Gasteiger partial charge in [0.2, 0.25) is 0 Å². The van der Waals surface area contributed by atoms with Gasteiger partial charge in [-0.25, -0.2) is 0 Å². The van der Waals surface area contributed by atoms with E-state index < -0.39 is 0 Å². The average molecular weight is 328 g/mol. The van der Waals surface area contributed by atoms with Gasteiger partial charge in [0.05, 0.1) is 25.4 Å². The predicted molar refractivity (Wildman–Crippen MR) is 92.4 cm³/mol. The first-order valence-corrected chi connectivity index (χ1v) is 9.57. The SMILES string of the molecule is CCCCCC(O)C1CCC(CCCCCCCC(=O)OC)O1. The van der Waals surface area contributed by atoms with E-state index in [1.807, 2.05) is 0 Å².